The fraction of sp³-hybridized carbons (Fsp3) is 0.625. The van der Waals surface area contributed by atoms with E-state index >= 15 is 0 Å². The van der Waals surface area contributed by atoms with Crippen molar-refractivity contribution in [2.75, 3.05) is 26.2 Å². The number of aliphatic hydroxyl groups excluding tert-OH is 1. The van der Waals surface area contributed by atoms with Gasteiger partial charge in [-0.15, -0.1) is 0 Å². The quantitative estimate of drug-likeness (QED) is 0.735. The van der Waals surface area contributed by atoms with Crippen LogP contribution in [0.1, 0.15) is 31.2 Å². The van der Waals surface area contributed by atoms with Crippen molar-refractivity contribution in [3.05, 3.63) is 30.1 Å². The van der Waals surface area contributed by atoms with E-state index in [1.165, 1.54) is 12.8 Å². The molecule has 1 aliphatic rings. The number of carbonyl (C=O) groups is 1. The lowest BCUT2D eigenvalue weighted by Crippen LogP contribution is -2.43. The van der Waals surface area contributed by atoms with Gasteiger partial charge in [0.2, 0.25) is 5.91 Å². The second-order valence-corrected chi connectivity index (χ2v) is 5.60. The maximum atomic E-state index is 11.8. The zero-order chi connectivity index (χ0) is 14.9. The van der Waals surface area contributed by atoms with Crippen molar-refractivity contribution < 1.29 is 9.90 Å². The molecule has 5 nitrogen and oxygen atoms in total. The summed E-state index contributed by atoms with van der Waals surface area (Å²) in [5, 5.41) is 12.3. The summed E-state index contributed by atoms with van der Waals surface area (Å²) in [4.78, 5) is 18.1. The Morgan fingerprint density at radius 2 is 2.19 bits per heavy atom. The Labute approximate surface area is 126 Å². The lowest BCUT2D eigenvalue weighted by molar-refractivity contribution is -0.120. The molecule has 1 aliphatic heterocycles. The maximum absolute atomic E-state index is 11.8. The van der Waals surface area contributed by atoms with E-state index in [2.05, 4.69) is 15.2 Å². The standard InChI is InChI=1S/C16H25N3O2/c20-13-15-4-1-2-10-19(15)11-3-7-18-16(21)12-14-5-8-17-9-6-14/h5-6,8-9,15,20H,1-4,7,10-13H2,(H,18,21). The van der Waals surface area contributed by atoms with Crippen LogP contribution < -0.4 is 5.32 Å². The molecule has 5 heteroatoms. The number of aromatic nitrogens is 1. The molecule has 0 saturated carbocycles. The minimum atomic E-state index is 0.0542. The monoisotopic (exact) mass is 291 g/mol. The largest absolute Gasteiger partial charge is 0.395 e. The number of aliphatic hydroxyl groups is 1. The molecule has 21 heavy (non-hydrogen) atoms. The van der Waals surface area contributed by atoms with Crippen molar-refractivity contribution in [1.29, 1.82) is 0 Å². The first kappa shape index (κ1) is 15.9. The summed E-state index contributed by atoms with van der Waals surface area (Å²) in [5.41, 5.74) is 0.985. The van der Waals surface area contributed by atoms with Crippen LogP contribution in [0.5, 0.6) is 0 Å². The Bertz CT molecular complexity index is 425. The van der Waals surface area contributed by atoms with Crippen LogP contribution in [0.25, 0.3) is 0 Å². The molecule has 1 atom stereocenters. The van der Waals surface area contributed by atoms with Gasteiger partial charge in [-0.1, -0.05) is 6.42 Å². The normalized spacial score (nSPS) is 19.4. The van der Waals surface area contributed by atoms with Crippen LogP contribution in [0, 0.1) is 0 Å². The van der Waals surface area contributed by atoms with Gasteiger partial charge in [-0.25, -0.2) is 0 Å². The molecular weight excluding hydrogens is 266 g/mol. The van der Waals surface area contributed by atoms with E-state index in [1.54, 1.807) is 12.4 Å². The van der Waals surface area contributed by atoms with Gasteiger partial charge in [0.05, 0.1) is 13.0 Å². The van der Waals surface area contributed by atoms with Gasteiger partial charge in [-0.05, 0) is 43.5 Å². The molecule has 1 unspecified atom stereocenters. The number of hydrogen-bond donors (Lipinski definition) is 2. The fourth-order valence-electron chi connectivity index (χ4n) is 2.82. The van der Waals surface area contributed by atoms with E-state index < -0.39 is 0 Å². The van der Waals surface area contributed by atoms with Crippen molar-refractivity contribution in [1.82, 2.24) is 15.2 Å². The van der Waals surface area contributed by atoms with E-state index in [9.17, 15) is 9.90 Å². The number of carbonyl (C=O) groups excluding carboxylic acids is 1. The number of amides is 1. The highest BCUT2D eigenvalue weighted by atomic mass is 16.3. The van der Waals surface area contributed by atoms with E-state index in [0.717, 1.165) is 31.5 Å². The molecule has 2 rings (SSSR count). The number of nitrogens with one attached hydrogen (secondary N) is 1. The van der Waals surface area contributed by atoms with Crippen LogP contribution in [-0.2, 0) is 11.2 Å². The smallest absolute Gasteiger partial charge is 0.224 e. The predicted octanol–water partition coefficient (Wildman–Crippen LogP) is 0.977. The third-order valence-corrected chi connectivity index (χ3v) is 4.02. The van der Waals surface area contributed by atoms with E-state index in [-0.39, 0.29) is 12.5 Å². The molecule has 0 bridgehead atoms. The Morgan fingerprint density at radius 1 is 1.38 bits per heavy atom. The van der Waals surface area contributed by atoms with Crippen molar-refractivity contribution in [2.24, 2.45) is 0 Å². The highest BCUT2D eigenvalue weighted by Gasteiger charge is 2.20. The van der Waals surface area contributed by atoms with Gasteiger partial charge in [0.25, 0.3) is 0 Å². The molecule has 0 aliphatic carbocycles. The van der Waals surface area contributed by atoms with Gasteiger partial charge in [0.1, 0.15) is 0 Å². The van der Waals surface area contributed by atoms with E-state index in [1.807, 2.05) is 12.1 Å². The molecule has 2 N–H and O–H groups in total. The third kappa shape index (κ3) is 5.44. The number of hydrogen-bond acceptors (Lipinski definition) is 4. The number of nitrogens with zero attached hydrogens (tertiary/aromatic N) is 2. The van der Waals surface area contributed by atoms with E-state index in [4.69, 9.17) is 0 Å². The summed E-state index contributed by atoms with van der Waals surface area (Å²) in [7, 11) is 0. The highest BCUT2D eigenvalue weighted by molar-refractivity contribution is 5.78. The van der Waals surface area contributed by atoms with Crippen LogP contribution in [0.2, 0.25) is 0 Å². The van der Waals surface area contributed by atoms with Crippen molar-refractivity contribution in [2.45, 2.75) is 38.1 Å². The molecule has 0 radical (unpaired) electrons. The summed E-state index contributed by atoms with van der Waals surface area (Å²) >= 11 is 0. The number of rotatable bonds is 7. The van der Waals surface area contributed by atoms with Crippen LogP contribution >= 0.6 is 0 Å². The molecule has 1 amide bonds. The first-order chi connectivity index (χ1) is 10.3. The van der Waals surface area contributed by atoms with Gasteiger partial charge in [0.15, 0.2) is 0 Å². The molecule has 116 valence electrons. The molecule has 0 spiro atoms. The molecule has 1 aromatic rings. The number of pyridine rings is 1. The van der Waals surface area contributed by atoms with Crippen molar-refractivity contribution >= 4 is 5.91 Å². The van der Waals surface area contributed by atoms with Gasteiger partial charge >= 0.3 is 0 Å². The topological polar surface area (TPSA) is 65.5 Å². The SMILES string of the molecule is O=C(Cc1ccncc1)NCCCN1CCCCC1CO. The first-order valence-electron chi connectivity index (χ1n) is 7.80. The minimum absolute atomic E-state index is 0.0542. The summed E-state index contributed by atoms with van der Waals surface area (Å²) in [5.74, 6) is 0.0542. The molecule has 1 saturated heterocycles. The average molecular weight is 291 g/mol. The lowest BCUT2D eigenvalue weighted by Gasteiger charge is -2.34. The first-order valence-corrected chi connectivity index (χ1v) is 7.80. The Morgan fingerprint density at radius 3 is 2.95 bits per heavy atom. The summed E-state index contributed by atoms with van der Waals surface area (Å²) in [6.45, 7) is 2.95. The third-order valence-electron chi connectivity index (χ3n) is 4.02. The minimum Gasteiger partial charge on any atom is -0.395 e. The molecule has 1 fully saturated rings. The van der Waals surface area contributed by atoms with Gasteiger partial charge < -0.3 is 10.4 Å². The number of likely N-dealkylation sites (tertiary alicyclic amines) is 1. The predicted molar refractivity (Wildman–Crippen MR) is 81.9 cm³/mol. The molecular formula is C16H25N3O2. The van der Waals surface area contributed by atoms with Crippen molar-refractivity contribution in [3.8, 4) is 0 Å². The second kappa shape index (κ2) is 8.74. The number of piperidine rings is 1. The fourth-order valence-corrected chi connectivity index (χ4v) is 2.82. The summed E-state index contributed by atoms with van der Waals surface area (Å²) < 4.78 is 0. The Kier molecular flexibility index (Phi) is 6.63. The lowest BCUT2D eigenvalue weighted by atomic mass is 10.0. The zero-order valence-corrected chi connectivity index (χ0v) is 12.5. The second-order valence-electron chi connectivity index (χ2n) is 5.60. The zero-order valence-electron chi connectivity index (χ0n) is 12.5. The van der Waals surface area contributed by atoms with Crippen LogP contribution in [0.3, 0.4) is 0 Å². The van der Waals surface area contributed by atoms with Crippen LogP contribution in [0.4, 0.5) is 0 Å². The van der Waals surface area contributed by atoms with Crippen LogP contribution in [0.15, 0.2) is 24.5 Å². The van der Waals surface area contributed by atoms with Crippen molar-refractivity contribution in [3.63, 3.8) is 0 Å². The summed E-state index contributed by atoms with van der Waals surface area (Å²) in [6, 6.07) is 4.03. The van der Waals surface area contributed by atoms with Gasteiger partial charge in [0, 0.05) is 31.5 Å². The van der Waals surface area contributed by atoms with Gasteiger partial charge in [-0.3, -0.25) is 14.7 Å². The summed E-state index contributed by atoms with van der Waals surface area (Å²) in [6.07, 6.45) is 8.26. The Hall–Kier alpha value is -1.46. The average Bonchev–Trinajstić information content (AvgIpc) is 2.53. The highest BCUT2D eigenvalue weighted by Crippen LogP contribution is 2.16. The molecule has 0 aromatic carbocycles. The maximum Gasteiger partial charge on any atom is 0.224 e. The van der Waals surface area contributed by atoms with Crippen LogP contribution in [-0.4, -0.2) is 53.2 Å². The molecule has 2 heterocycles. The Balaban J connectivity index is 1.61. The van der Waals surface area contributed by atoms with E-state index in [0.29, 0.717) is 19.0 Å². The molecule has 1 aromatic heterocycles. The van der Waals surface area contributed by atoms with Gasteiger partial charge in [-0.2, -0.15) is 0 Å².